The second-order valence-corrected chi connectivity index (χ2v) is 8.23. The van der Waals surface area contributed by atoms with Crippen LogP contribution in [0.15, 0.2) is 60.9 Å². The molecule has 0 unspecified atom stereocenters. The lowest BCUT2D eigenvalue weighted by molar-refractivity contribution is -0.133. The van der Waals surface area contributed by atoms with Gasteiger partial charge in [-0.2, -0.15) is 0 Å². The van der Waals surface area contributed by atoms with Crippen LogP contribution in [0.2, 0.25) is 0 Å². The van der Waals surface area contributed by atoms with Crippen molar-refractivity contribution < 1.29 is 9.18 Å². The maximum atomic E-state index is 13.3. The minimum Gasteiger partial charge on any atom is -0.344 e. The van der Waals surface area contributed by atoms with Crippen molar-refractivity contribution in [3.05, 3.63) is 78.1 Å². The van der Waals surface area contributed by atoms with Crippen LogP contribution < -0.4 is 0 Å². The van der Waals surface area contributed by atoms with Gasteiger partial charge in [-0.25, -0.2) is 9.37 Å². The maximum Gasteiger partial charge on any atom is 0.227 e. The summed E-state index contributed by atoms with van der Waals surface area (Å²) in [4.78, 5) is 21.7. The highest BCUT2D eigenvalue weighted by Crippen LogP contribution is 2.24. The number of carbonyl (C=O) groups is 1. The number of nitrogens with zero attached hydrogens (tertiary/aromatic N) is 4. The summed E-state index contributed by atoms with van der Waals surface area (Å²) in [6.45, 7) is 6.01. The van der Waals surface area contributed by atoms with Crippen LogP contribution in [0.1, 0.15) is 18.3 Å². The zero-order valence-electron chi connectivity index (χ0n) is 18.2. The summed E-state index contributed by atoms with van der Waals surface area (Å²) in [5, 5.41) is 0. The molecule has 0 aliphatic carbocycles. The molecule has 2 heterocycles. The molecule has 0 radical (unpaired) electrons. The Morgan fingerprint density at radius 3 is 2.68 bits per heavy atom. The molecule has 31 heavy (non-hydrogen) atoms. The van der Waals surface area contributed by atoms with Gasteiger partial charge in [0.2, 0.25) is 5.91 Å². The minimum absolute atomic E-state index is 0.110. The Morgan fingerprint density at radius 1 is 1.10 bits per heavy atom. The van der Waals surface area contributed by atoms with Gasteiger partial charge in [0.05, 0.1) is 12.5 Å². The summed E-state index contributed by atoms with van der Waals surface area (Å²) >= 11 is 0. The highest BCUT2D eigenvalue weighted by Gasteiger charge is 2.29. The second-order valence-electron chi connectivity index (χ2n) is 8.23. The average molecular weight is 421 g/mol. The molecule has 1 saturated heterocycles. The lowest BCUT2D eigenvalue weighted by atomic mass is 9.95. The molecule has 0 N–H and O–H groups in total. The minimum atomic E-state index is -0.240. The van der Waals surface area contributed by atoms with Gasteiger partial charge in [0.25, 0.3) is 0 Å². The molecule has 2 aromatic carbocycles. The van der Waals surface area contributed by atoms with Crippen LogP contribution in [0.5, 0.6) is 0 Å². The van der Waals surface area contributed by atoms with Crippen LogP contribution in [0.25, 0.3) is 11.1 Å². The Labute approximate surface area is 183 Å². The third-order valence-corrected chi connectivity index (χ3v) is 6.05. The highest BCUT2D eigenvalue weighted by atomic mass is 19.1. The molecule has 1 atom stereocenters. The molecule has 6 heteroatoms. The number of likely N-dealkylation sites (N-methyl/N-ethyl adjacent to an activating group) is 1. The van der Waals surface area contributed by atoms with E-state index in [2.05, 4.69) is 33.5 Å². The van der Waals surface area contributed by atoms with Gasteiger partial charge in [0, 0.05) is 45.6 Å². The normalized spacial score (nSPS) is 17.7. The Bertz CT molecular complexity index is 1030. The van der Waals surface area contributed by atoms with Crippen LogP contribution in [0.4, 0.5) is 4.39 Å². The predicted octanol–water partition coefficient (Wildman–Crippen LogP) is 3.84. The molecular weight excluding hydrogens is 391 g/mol. The van der Waals surface area contributed by atoms with Crippen LogP contribution >= 0.6 is 0 Å². The molecular formula is C25H29FN4O. The number of amides is 1. The van der Waals surface area contributed by atoms with Crippen molar-refractivity contribution in [1.82, 2.24) is 19.4 Å². The zero-order valence-corrected chi connectivity index (χ0v) is 18.2. The predicted molar refractivity (Wildman–Crippen MR) is 120 cm³/mol. The van der Waals surface area contributed by atoms with Crippen molar-refractivity contribution in [1.29, 1.82) is 0 Å². The maximum absolute atomic E-state index is 13.3. The number of benzene rings is 2. The lowest BCUT2D eigenvalue weighted by Gasteiger charge is -2.23. The van der Waals surface area contributed by atoms with E-state index in [1.807, 2.05) is 36.5 Å². The van der Waals surface area contributed by atoms with E-state index in [0.717, 1.165) is 48.7 Å². The van der Waals surface area contributed by atoms with E-state index in [1.54, 1.807) is 12.1 Å². The lowest BCUT2D eigenvalue weighted by Crippen LogP contribution is -2.34. The quantitative estimate of drug-likeness (QED) is 0.608. The number of halogens is 1. The number of hydrogen-bond acceptors (Lipinski definition) is 3. The van der Waals surface area contributed by atoms with Crippen molar-refractivity contribution in [3.63, 3.8) is 0 Å². The number of carbonyl (C=O) groups excluding carboxylic acids is 1. The van der Waals surface area contributed by atoms with Crippen molar-refractivity contribution >= 4 is 5.91 Å². The monoisotopic (exact) mass is 420 g/mol. The van der Waals surface area contributed by atoms with Gasteiger partial charge in [-0.3, -0.25) is 9.69 Å². The standard InChI is InChI=1S/C25H29FN4O/c1-3-30-12-11-27-24(30)18-29-14-13-28(2)25(31)22(17-29)16-19-5-4-6-21(15-19)20-7-9-23(26)10-8-20/h4-12,15,22H,3,13-14,16-18H2,1-2H3/t22-/m0/s1. The van der Waals surface area contributed by atoms with Gasteiger partial charge < -0.3 is 9.47 Å². The first kappa shape index (κ1) is 21.2. The van der Waals surface area contributed by atoms with Crippen LogP contribution in [-0.4, -0.2) is 51.9 Å². The van der Waals surface area contributed by atoms with Crippen molar-refractivity contribution in [2.24, 2.45) is 5.92 Å². The third-order valence-electron chi connectivity index (χ3n) is 6.05. The van der Waals surface area contributed by atoms with Gasteiger partial charge in [-0.15, -0.1) is 0 Å². The van der Waals surface area contributed by atoms with E-state index >= 15 is 0 Å². The summed E-state index contributed by atoms with van der Waals surface area (Å²) in [7, 11) is 1.89. The van der Waals surface area contributed by atoms with E-state index in [9.17, 15) is 9.18 Å². The molecule has 0 bridgehead atoms. The van der Waals surface area contributed by atoms with Crippen LogP contribution in [0, 0.1) is 11.7 Å². The Kier molecular flexibility index (Phi) is 6.47. The van der Waals surface area contributed by atoms with Crippen molar-refractivity contribution in [3.8, 4) is 11.1 Å². The fourth-order valence-electron chi connectivity index (χ4n) is 4.27. The molecule has 3 aromatic rings. The first-order chi connectivity index (χ1) is 15.0. The molecule has 0 spiro atoms. The van der Waals surface area contributed by atoms with E-state index < -0.39 is 0 Å². The number of imidazole rings is 1. The van der Waals surface area contributed by atoms with E-state index in [0.29, 0.717) is 13.0 Å². The summed E-state index contributed by atoms with van der Waals surface area (Å²) in [5.74, 6) is 0.877. The van der Waals surface area contributed by atoms with E-state index in [1.165, 1.54) is 12.1 Å². The van der Waals surface area contributed by atoms with Gasteiger partial charge in [0.1, 0.15) is 11.6 Å². The fraction of sp³-hybridized carbons (Fsp3) is 0.360. The van der Waals surface area contributed by atoms with Gasteiger partial charge in [0.15, 0.2) is 0 Å². The molecule has 5 nitrogen and oxygen atoms in total. The number of aryl methyl sites for hydroxylation is 1. The van der Waals surface area contributed by atoms with Crippen molar-refractivity contribution in [2.75, 3.05) is 26.7 Å². The molecule has 162 valence electrons. The summed E-state index contributed by atoms with van der Waals surface area (Å²) < 4.78 is 15.4. The van der Waals surface area contributed by atoms with Gasteiger partial charge >= 0.3 is 0 Å². The number of aromatic nitrogens is 2. The molecule has 4 rings (SSSR count). The van der Waals surface area contributed by atoms with Crippen LogP contribution in [0.3, 0.4) is 0 Å². The number of rotatable bonds is 6. The first-order valence-electron chi connectivity index (χ1n) is 10.9. The topological polar surface area (TPSA) is 41.4 Å². The molecule has 1 amide bonds. The zero-order chi connectivity index (χ0) is 21.8. The average Bonchev–Trinajstić information content (AvgIpc) is 3.19. The first-order valence-corrected chi connectivity index (χ1v) is 10.9. The summed E-state index contributed by atoms with van der Waals surface area (Å²) in [5.41, 5.74) is 3.12. The van der Waals surface area contributed by atoms with Crippen LogP contribution in [-0.2, 0) is 24.3 Å². The number of hydrogen-bond donors (Lipinski definition) is 0. The SMILES string of the molecule is CCn1ccnc1CN1CCN(C)C(=O)[C@@H](Cc2cccc(-c3ccc(F)cc3)c2)C1. The van der Waals surface area contributed by atoms with E-state index in [-0.39, 0.29) is 17.6 Å². The molecule has 0 saturated carbocycles. The summed E-state index contributed by atoms with van der Waals surface area (Å²) in [6.07, 6.45) is 4.52. The molecule has 1 fully saturated rings. The second kappa shape index (κ2) is 9.43. The van der Waals surface area contributed by atoms with E-state index in [4.69, 9.17) is 0 Å². The van der Waals surface area contributed by atoms with Gasteiger partial charge in [-0.1, -0.05) is 36.4 Å². The summed E-state index contributed by atoms with van der Waals surface area (Å²) in [6, 6.07) is 14.7. The molecule has 1 aliphatic heterocycles. The van der Waals surface area contributed by atoms with Crippen molar-refractivity contribution in [2.45, 2.75) is 26.4 Å². The Hall–Kier alpha value is -2.99. The third kappa shape index (κ3) is 5.02. The largest absolute Gasteiger partial charge is 0.344 e. The molecule has 1 aromatic heterocycles. The Balaban J connectivity index is 1.52. The highest BCUT2D eigenvalue weighted by molar-refractivity contribution is 5.79. The Morgan fingerprint density at radius 2 is 1.90 bits per heavy atom. The fourth-order valence-corrected chi connectivity index (χ4v) is 4.27. The molecule has 1 aliphatic rings. The smallest absolute Gasteiger partial charge is 0.227 e. The van der Waals surface area contributed by atoms with Gasteiger partial charge in [-0.05, 0) is 42.2 Å².